The lowest BCUT2D eigenvalue weighted by molar-refractivity contribution is 0.311. The quantitative estimate of drug-likeness (QED) is 0.777. The molecule has 3 rings (SSSR count). The number of benzene rings is 1. The fourth-order valence-corrected chi connectivity index (χ4v) is 2.74. The van der Waals surface area contributed by atoms with Crippen LogP contribution in [0.2, 0.25) is 0 Å². The van der Waals surface area contributed by atoms with E-state index in [1.54, 1.807) is 6.20 Å². The second kappa shape index (κ2) is 5.77. The number of aryl methyl sites for hydroxylation is 2. The maximum Gasteiger partial charge on any atom is 0.169 e. The van der Waals surface area contributed by atoms with E-state index in [9.17, 15) is 0 Å². The number of anilines is 1. The van der Waals surface area contributed by atoms with Gasteiger partial charge in [0.1, 0.15) is 0 Å². The molecular formula is C17H20N4O. The van der Waals surface area contributed by atoms with Crippen molar-refractivity contribution < 1.29 is 5.11 Å². The Hall–Kier alpha value is -2.40. The summed E-state index contributed by atoms with van der Waals surface area (Å²) in [6.45, 7) is 6.84. The van der Waals surface area contributed by atoms with E-state index in [0.29, 0.717) is 6.54 Å². The molecule has 5 heteroatoms. The van der Waals surface area contributed by atoms with Crippen LogP contribution < -0.4 is 5.32 Å². The average molecular weight is 296 g/mol. The summed E-state index contributed by atoms with van der Waals surface area (Å²) < 4.78 is 2.13. The van der Waals surface area contributed by atoms with Gasteiger partial charge in [0.2, 0.25) is 0 Å². The molecule has 114 valence electrons. The van der Waals surface area contributed by atoms with Crippen molar-refractivity contribution in [1.29, 1.82) is 0 Å². The Labute approximate surface area is 129 Å². The largest absolute Gasteiger partial charge is 0.395 e. The predicted molar refractivity (Wildman–Crippen MR) is 88.7 cm³/mol. The minimum Gasteiger partial charge on any atom is -0.395 e. The lowest BCUT2D eigenvalue weighted by Crippen LogP contribution is -2.07. The fraction of sp³-hybridized carbons (Fsp3) is 0.294. The normalized spacial score (nSPS) is 11.1. The van der Waals surface area contributed by atoms with E-state index in [1.165, 1.54) is 11.1 Å². The number of nitrogens with zero attached hydrogens (tertiary/aromatic N) is 3. The molecule has 0 aliphatic carbocycles. The molecule has 5 nitrogen and oxygen atoms in total. The van der Waals surface area contributed by atoms with Crippen LogP contribution in [0.4, 0.5) is 5.69 Å². The highest BCUT2D eigenvalue weighted by molar-refractivity contribution is 5.94. The number of aromatic nitrogens is 3. The van der Waals surface area contributed by atoms with E-state index in [-0.39, 0.29) is 6.61 Å². The third kappa shape index (κ3) is 2.33. The highest BCUT2D eigenvalue weighted by Gasteiger charge is 2.17. The van der Waals surface area contributed by atoms with E-state index in [2.05, 4.69) is 65.1 Å². The number of hydrogen-bond acceptors (Lipinski definition) is 4. The molecule has 0 fully saturated rings. The Kier molecular flexibility index (Phi) is 3.81. The summed E-state index contributed by atoms with van der Waals surface area (Å²) in [4.78, 5) is 0. The minimum atomic E-state index is 0.0838. The maximum atomic E-state index is 9.03. The highest BCUT2D eigenvalue weighted by Crippen LogP contribution is 2.31. The fourth-order valence-electron chi connectivity index (χ4n) is 2.74. The van der Waals surface area contributed by atoms with Gasteiger partial charge in [-0.05, 0) is 38.5 Å². The van der Waals surface area contributed by atoms with Gasteiger partial charge in [-0.25, -0.2) is 0 Å². The van der Waals surface area contributed by atoms with Gasteiger partial charge >= 0.3 is 0 Å². The molecule has 0 saturated heterocycles. The van der Waals surface area contributed by atoms with E-state index in [0.717, 1.165) is 28.1 Å². The molecule has 3 aromatic rings. The molecule has 1 aromatic carbocycles. The molecule has 2 heterocycles. The summed E-state index contributed by atoms with van der Waals surface area (Å²) >= 11 is 0. The summed E-state index contributed by atoms with van der Waals surface area (Å²) in [6, 6.07) is 8.38. The van der Waals surface area contributed by atoms with E-state index in [4.69, 9.17) is 5.11 Å². The SMILES string of the molecule is Cc1ccc(-n2c(C)c(C)c3c(NCCO)cnnc32)cc1. The highest BCUT2D eigenvalue weighted by atomic mass is 16.3. The predicted octanol–water partition coefficient (Wildman–Crippen LogP) is 2.75. The molecular weight excluding hydrogens is 276 g/mol. The smallest absolute Gasteiger partial charge is 0.169 e. The molecule has 2 N–H and O–H groups in total. The maximum absolute atomic E-state index is 9.03. The van der Waals surface area contributed by atoms with Crippen molar-refractivity contribution in [3.63, 3.8) is 0 Å². The molecule has 0 unspecified atom stereocenters. The van der Waals surface area contributed by atoms with Gasteiger partial charge in [0.05, 0.1) is 18.5 Å². The first-order chi connectivity index (χ1) is 10.6. The molecule has 0 spiro atoms. The number of hydrogen-bond donors (Lipinski definition) is 2. The molecule has 2 aromatic heterocycles. The molecule has 0 radical (unpaired) electrons. The van der Waals surface area contributed by atoms with Crippen molar-refractivity contribution in [3.05, 3.63) is 47.3 Å². The zero-order chi connectivity index (χ0) is 15.7. The molecule has 0 atom stereocenters. The summed E-state index contributed by atoms with van der Waals surface area (Å²) in [6.07, 6.45) is 1.71. The van der Waals surface area contributed by atoms with Crippen LogP contribution in [0.1, 0.15) is 16.8 Å². The second-order valence-electron chi connectivity index (χ2n) is 5.49. The van der Waals surface area contributed by atoms with Gasteiger partial charge in [-0.15, -0.1) is 5.10 Å². The van der Waals surface area contributed by atoms with Gasteiger partial charge in [-0.3, -0.25) is 4.57 Å². The first kappa shape index (κ1) is 14.5. The van der Waals surface area contributed by atoms with Crippen LogP contribution >= 0.6 is 0 Å². The third-order valence-corrected chi connectivity index (χ3v) is 4.02. The molecule has 0 saturated carbocycles. The Morgan fingerprint density at radius 1 is 1.14 bits per heavy atom. The van der Waals surface area contributed by atoms with E-state index < -0.39 is 0 Å². The number of aliphatic hydroxyl groups is 1. The Balaban J connectivity index is 2.23. The average Bonchev–Trinajstić information content (AvgIpc) is 2.79. The van der Waals surface area contributed by atoms with E-state index in [1.807, 2.05) is 0 Å². The van der Waals surface area contributed by atoms with Gasteiger partial charge in [-0.1, -0.05) is 17.7 Å². The summed E-state index contributed by atoms with van der Waals surface area (Å²) in [7, 11) is 0. The van der Waals surface area contributed by atoms with Crippen LogP contribution in [0.15, 0.2) is 30.5 Å². The zero-order valence-electron chi connectivity index (χ0n) is 13.1. The summed E-state index contributed by atoms with van der Waals surface area (Å²) in [5.41, 5.74) is 6.37. The van der Waals surface area contributed by atoms with Crippen LogP contribution in [0.25, 0.3) is 16.7 Å². The van der Waals surface area contributed by atoms with Crippen molar-refractivity contribution in [1.82, 2.24) is 14.8 Å². The Bertz CT molecular complexity index is 806. The monoisotopic (exact) mass is 296 g/mol. The van der Waals surface area contributed by atoms with Crippen molar-refractivity contribution in [3.8, 4) is 5.69 Å². The van der Waals surface area contributed by atoms with E-state index >= 15 is 0 Å². The van der Waals surface area contributed by atoms with Gasteiger partial charge in [0, 0.05) is 23.3 Å². The van der Waals surface area contributed by atoms with Crippen LogP contribution in [-0.2, 0) is 0 Å². The van der Waals surface area contributed by atoms with Crippen molar-refractivity contribution in [2.75, 3.05) is 18.5 Å². The summed E-state index contributed by atoms with van der Waals surface area (Å²) in [5, 5.41) is 21.7. The topological polar surface area (TPSA) is 63.0 Å². The molecule has 0 aliphatic heterocycles. The van der Waals surface area contributed by atoms with Gasteiger partial charge in [-0.2, -0.15) is 5.10 Å². The van der Waals surface area contributed by atoms with Gasteiger partial charge < -0.3 is 10.4 Å². The zero-order valence-corrected chi connectivity index (χ0v) is 13.1. The lowest BCUT2D eigenvalue weighted by atomic mass is 10.2. The molecule has 0 amide bonds. The third-order valence-electron chi connectivity index (χ3n) is 4.02. The standard InChI is InChI=1S/C17H20N4O/c1-11-4-6-14(7-5-11)21-13(3)12(2)16-15(18-8-9-22)10-19-20-17(16)21/h4-7,10,22H,8-9H2,1-3H3,(H,18,20). The second-order valence-corrected chi connectivity index (χ2v) is 5.49. The van der Waals surface area contributed by atoms with Crippen LogP contribution in [0.3, 0.4) is 0 Å². The van der Waals surface area contributed by atoms with Crippen LogP contribution in [0, 0.1) is 20.8 Å². The van der Waals surface area contributed by atoms with Crippen LogP contribution in [0.5, 0.6) is 0 Å². The Morgan fingerprint density at radius 3 is 2.55 bits per heavy atom. The lowest BCUT2D eigenvalue weighted by Gasteiger charge is -2.08. The molecule has 0 aliphatic rings. The molecule has 22 heavy (non-hydrogen) atoms. The van der Waals surface area contributed by atoms with Crippen molar-refractivity contribution in [2.24, 2.45) is 0 Å². The number of rotatable bonds is 4. The Morgan fingerprint density at radius 2 is 1.86 bits per heavy atom. The molecule has 0 bridgehead atoms. The van der Waals surface area contributed by atoms with Crippen LogP contribution in [-0.4, -0.2) is 33.0 Å². The van der Waals surface area contributed by atoms with Gasteiger partial charge in [0.25, 0.3) is 0 Å². The van der Waals surface area contributed by atoms with Crippen molar-refractivity contribution >= 4 is 16.7 Å². The number of aliphatic hydroxyl groups excluding tert-OH is 1. The first-order valence-corrected chi connectivity index (χ1v) is 7.38. The number of fused-ring (bicyclic) bond motifs is 1. The van der Waals surface area contributed by atoms with Crippen molar-refractivity contribution in [2.45, 2.75) is 20.8 Å². The summed E-state index contributed by atoms with van der Waals surface area (Å²) in [5.74, 6) is 0. The minimum absolute atomic E-state index is 0.0838. The van der Waals surface area contributed by atoms with Gasteiger partial charge in [0.15, 0.2) is 5.65 Å². The first-order valence-electron chi connectivity index (χ1n) is 7.38. The number of nitrogens with one attached hydrogen (secondary N) is 1.